The molecule has 0 saturated heterocycles. The van der Waals surface area contributed by atoms with Gasteiger partial charge in [0.25, 0.3) is 0 Å². The Hall–Kier alpha value is -1.68. The summed E-state index contributed by atoms with van der Waals surface area (Å²) in [4.78, 5) is 13.9. The molecule has 0 radical (unpaired) electrons. The van der Waals surface area contributed by atoms with E-state index in [0.29, 0.717) is 5.69 Å². The molecule has 0 spiro atoms. The normalized spacial score (nSPS) is 17.1. The van der Waals surface area contributed by atoms with E-state index >= 15 is 0 Å². The summed E-state index contributed by atoms with van der Waals surface area (Å²) in [6.07, 6.45) is 3.94. The molecular formula is C16H16FNOS. The summed E-state index contributed by atoms with van der Waals surface area (Å²) in [6.45, 7) is 0. The molecule has 1 amide bonds. The molecule has 20 heavy (non-hydrogen) atoms. The number of carbonyl (C=O) groups is 1. The zero-order chi connectivity index (χ0) is 14.0. The molecule has 3 rings (SSSR count). The fourth-order valence-electron chi connectivity index (χ4n) is 2.90. The highest BCUT2D eigenvalue weighted by Crippen LogP contribution is 2.43. The molecule has 0 aliphatic heterocycles. The van der Waals surface area contributed by atoms with E-state index in [9.17, 15) is 9.18 Å². The molecule has 0 unspecified atom stereocenters. The number of nitrogens with one attached hydrogen (secondary N) is 1. The van der Waals surface area contributed by atoms with Crippen LogP contribution in [0.1, 0.15) is 30.6 Å². The number of halogens is 1. The summed E-state index contributed by atoms with van der Waals surface area (Å²) in [6, 6.07) is 9.96. The van der Waals surface area contributed by atoms with Crippen LogP contribution in [0, 0.1) is 5.82 Å². The van der Waals surface area contributed by atoms with E-state index in [0.717, 1.165) is 30.6 Å². The van der Waals surface area contributed by atoms with Crippen molar-refractivity contribution >= 4 is 22.9 Å². The van der Waals surface area contributed by atoms with Crippen molar-refractivity contribution in [2.24, 2.45) is 0 Å². The van der Waals surface area contributed by atoms with Gasteiger partial charge in [0.05, 0.1) is 5.41 Å². The number of anilines is 1. The minimum Gasteiger partial charge on any atom is -0.325 e. The van der Waals surface area contributed by atoms with Gasteiger partial charge in [0.15, 0.2) is 0 Å². The van der Waals surface area contributed by atoms with Crippen LogP contribution in [0.4, 0.5) is 10.1 Å². The first-order valence-corrected chi connectivity index (χ1v) is 7.70. The summed E-state index contributed by atoms with van der Waals surface area (Å²) < 4.78 is 12.9. The van der Waals surface area contributed by atoms with Crippen LogP contribution in [0.25, 0.3) is 0 Å². The Labute approximate surface area is 121 Å². The van der Waals surface area contributed by atoms with Crippen LogP contribution in [-0.2, 0) is 10.2 Å². The van der Waals surface area contributed by atoms with Crippen molar-refractivity contribution in [2.75, 3.05) is 5.32 Å². The molecule has 1 aromatic carbocycles. The predicted molar refractivity (Wildman–Crippen MR) is 79.5 cm³/mol. The first-order valence-electron chi connectivity index (χ1n) is 6.82. The first-order chi connectivity index (χ1) is 9.71. The monoisotopic (exact) mass is 289 g/mol. The minimum atomic E-state index is -0.400. The Morgan fingerprint density at radius 1 is 1.15 bits per heavy atom. The SMILES string of the molecule is O=C(Nc1ccc(F)cc1)C1(c2cccs2)CCCC1. The van der Waals surface area contributed by atoms with E-state index in [2.05, 4.69) is 5.32 Å². The molecule has 1 aromatic heterocycles. The van der Waals surface area contributed by atoms with E-state index in [1.165, 1.54) is 12.1 Å². The first kappa shape index (κ1) is 13.3. The molecule has 1 saturated carbocycles. The lowest BCUT2D eigenvalue weighted by molar-refractivity contribution is -0.121. The van der Waals surface area contributed by atoms with Gasteiger partial charge in [0.1, 0.15) is 5.82 Å². The number of benzene rings is 1. The van der Waals surface area contributed by atoms with Gasteiger partial charge in [-0.2, -0.15) is 0 Å². The highest BCUT2D eigenvalue weighted by molar-refractivity contribution is 7.10. The molecule has 0 atom stereocenters. The molecule has 4 heteroatoms. The van der Waals surface area contributed by atoms with E-state index < -0.39 is 5.41 Å². The molecule has 1 fully saturated rings. The number of carbonyl (C=O) groups excluding carboxylic acids is 1. The zero-order valence-electron chi connectivity index (χ0n) is 11.1. The van der Waals surface area contributed by atoms with E-state index in [4.69, 9.17) is 0 Å². The fraction of sp³-hybridized carbons (Fsp3) is 0.312. The Kier molecular flexibility index (Phi) is 3.57. The van der Waals surface area contributed by atoms with Crippen LogP contribution in [0.2, 0.25) is 0 Å². The Morgan fingerprint density at radius 2 is 1.85 bits per heavy atom. The number of rotatable bonds is 3. The van der Waals surface area contributed by atoms with Gasteiger partial charge in [-0.05, 0) is 48.6 Å². The molecule has 1 N–H and O–H groups in total. The zero-order valence-corrected chi connectivity index (χ0v) is 11.9. The summed E-state index contributed by atoms with van der Waals surface area (Å²) in [5.41, 5.74) is 0.252. The van der Waals surface area contributed by atoms with Gasteiger partial charge in [-0.3, -0.25) is 4.79 Å². The Bertz CT molecular complexity index is 585. The van der Waals surface area contributed by atoms with Gasteiger partial charge >= 0.3 is 0 Å². The Morgan fingerprint density at radius 3 is 2.45 bits per heavy atom. The molecule has 1 heterocycles. The maximum atomic E-state index is 12.9. The molecule has 0 bridgehead atoms. The van der Waals surface area contributed by atoms with Crippen LogP contribution in [0.3, 0.4) is 0 Å². The second-order valence-corrected chi connectivity index (χ2v) is 6.18. The number of thiophene rings is 1. The maximum absolute atomic E-state index is 12.9. The fourth-order valence-corrected chi connectivity index (χ4v) is 3.88. The largest absolute Gasteiger partial charge is 0.325 e. The second-order valence-electron chi connectivity index (χ2n) is 5.23. The number of hydrogen-bond donors (Lipinski definition) is 1. The summed E-state index contributed by atoms with van der Waals surface area (Å²) >= 11 is 1.64. The van der Waals surface area contributed by atoms with Gasteiger partial charge in [-0.1, -0.05) is 18.9 Å². The lowest BCUT2D eigenvalue weighted by atomic mass is 9.83. The molecule has 104 valence electrons. The van der Waals surface area contributed by atoms with Crippen molar-refractivity contribution < 1.29 is 9.18 Å². The van der Waals surface area contributed by atoms with E-state index in [-0.39, 0.29) is 11.7 Å². The highest BCUT2D eigenvalue weighted by Gasteiger charge is 2.43. The average Bonchev–Trinajstić information content (AvgIpc) is 3.12. The van der Waals surface area contributed by atoms with Gasteiger partial charge in [0.2, 0.25) is 5.91 Å². The van der Waals surface area contributed by atoms with Crippen LogP contribution >= 0.6 is 11.3 Å². The average molecular weight is 289 g/mol. The van der Waals surface area contributed by atoms with Crippen molar-refractivity contribution in [3.8, 4) is 0 Å². The maximum Gasteiger partial charge on any atom is 0.235 e. The summed E-state index contributed by atoms with van der Waals surface area (Å²) in [5.74, 6) is -0.263. The predicted octanol–water partition coefficient (Wildman–Crippen LogP) is 4.34. The van der Waals surface area contributed by atoms with Gasteiger partial charge in [-0.15, -0.1) is 11.3 Å². The third kappa shape index (κ3) is 2.36. The van der Waals surface area contributed by atoms with Crippen LogP contribution < -0.4 is 5.32 Å². The topological polar surface area (TPSA) is 29.1 Å². The highest BCUT2D eigenvalue weighted by atomic mass is 32.1. The molecular weight excluding hydrogens is 273 g/mol. The standard InChI is InChI=1S/C16H16FNOS/c17-12-5-7-13(8-6-12)18-15(19)16(9-1-2-10-16)14-4-3-11-20-14/h3-8,11H,1-2,9-10H2,(H,18,19). The van der Waals surface area contributed by atoms with Gasteiger partial charge in [-0.25, -0.2) is 4.39 Å². The van der Waals surface area contributed by atoms with Crippen molar-refractivity contribution in [1.29, 1.82) is 0 Å². The molecule has 1 aliphatic rings. The summed E-state index contributed by atoms with van der Waals surface area (Å²) in [7, 11) is 0. The number of hydrogen-bond acceptors (Lipinski definition) is 2. The molecule has 2 aromatic rings. The second kappa shape index (κ2) is 5.37. The van der Waals surface area contributed by atoms with Gasteiger partial charge < -0.3 is 5.32 Å². The van der Waals surface area contributed by atoms with Crippen molar-refractivity contribution in [3.63, 3.8) is 0 Å². The smallest absolute Gasteiger partial charge is 0.235 e. The lowest BCUT2D eigenvalue weighted by Crippen LogP contribution is -2.37. The van der Waals surface area contributed by atoms with Crippen molar-refractivity contribution in [3.05, 3.63) is 52.5 Å². The van der Waals surface area contributed by atoms with Gasteiger partial charge in [0, 0.05) is 10.6 Å². The van der Waals surface area contributed by atoms with Crippen LogP contribution in [-0.4, -0.2) is 5.91 Å². The van der Waals surface area contributed by atoms with Crippen molar-refractivity contribution in [1.82, 2.24) is 0 Å². The summed E-state index contributed by atoms with van der Waals surface area (Å²) in [5, 5.41) is 4.96. The van der Waals surface area contributed by atoms with E-state index in [1.54, 1.807) is 23.5 Å². The third-order valence-electron chi connectivity index (χ3n) is 3.99. The molecule has 2 nitrogen and oxygen atoms in total. The quantitative estimate of drug-likeness (QED) is 0.895. The number of amides is 1. The van der Waals surface area contributed by atoms with Crippen molar-refractivity contribution in [2.45, 2.75) is 31.1 Å². The minimum absolute atomic E-state index is 0.0315. The third-order valence-corrected chi connectivity index (χ3v) is 5.06. The molecule has 1 aliphatic carbocycles. The van der Waals surface area contributed by atoms with Crippen LogP contribution in [0.15, 0.2) is 41.8 Å². The van der Waals surface area contributed by atoms with Crippen LogP contribution in [0.5, 0.6) is 0 Å². The lowest BCUT2D eigenvalue weighted by Gasteiger charge is -2.26. The van der Waals surface area contributed by atoms with E-state index in [1.807, 2.05) is 17.5 Å². The Balaban J connectivity index is 1.85.